The van der Waals surface area contributed by atoms with Crippen LogP contribution in [0.3, 0.4) is 0 Å². The molecule has 0 radical (unpaired) electrons. The molecular weight excluding hydrogens is 372 g/mol. The van der Waals surface area contributed by atoms with Crippen molar-refractivity contribution in [3.63, 3.8) is 0 Å². The number of nitrogens with one attached hydrogen (secondary N) is 1. The molecular formula is C22H28N2O3S. The molecule has 1 heterocycles. The zero-order valence-electron chi connectivity index (χ0n) is 16.5. The molecule has 0 spiro atoms. The highest BCUT2D eigenvalue weighted by Crippen LogP contribution is 2.18. The van der Waals surface area contributed by atoms with Gasteiger partial charge >= 0.3 is 0 Å². The Balaban J connectivity index is 1.70. The molecule has 6 heteroatoms. The van der Waals surface area contributed by atoms with Crippen LogP contribution in [0, 0.1) is 0 Å². The zero-order chi connectivity index (χ0) is 19.8. The molecule has 1 atom stereocenters. The SMILES string of the molecule is COc1ccc(CN(Cc2cccc(OC)c2)C(=S)NC[C@H]2CCCO2)cc1. The first-order valence-electron chi connectivity index (χ1n) is 9.58. The monoisotopic (exact) mass is 400 g/mol. The summed E-state index contributed by atoms with van der Waals surface area (Å²) in [7, 11) is 3.36. The van der Waals surface area contributed by atoms with Gasteiger partial charge in [-0.2, -0.15) is 0 Å². The summed E-state index contributed by atoms with van der Waals surface area (Å²) in [5.74, 6) is 1.70. The van der Waals surface area contributed by atoms with Crippen LogP contribution < -0.4 is 14.8 Å². The van der Waals surface area contributed by atoms with Crippen molar-refractivity contribution in [1.29, 1.82) is 0 Å². The highest BCUT2D eigenvalue weighted by molar-refractivity contribution is 7.80. The maximum Gasteiger partial charge on any atom is 0.169 e. The second kappa shape index (κ2) is 10.3. The second-order valence-electron chi connectivity index (χ2n) is 6.88. The van der Waals surface area contributed by atoms with E-state index < -0.39 is 0 Å². The van der Waals surface area contributed by atoms with Gasteiger partial charge in [-0.1, -0.05) is 24.3 Å². The fourth-order valence-electron chi connectivity index (χ4n) is 3.26. The van der Waals surface area contributed by atoms with Crippen LogP contribution >= 0.6 is 12.2 Å². The first-order chi connectivity index (χ1) is 13.7. The molecule has 0 amide bonds. The highest BCUT2D eigenvalue weighted by Gasteiger charge is 2.18. The predicted octanol–water partition coefficient (Wildman–Crippen LogP) is 3.76. The second-order valence-corrected chi connectivity index (χ2v) is 7.26. The van der Waals surface area contributed by atoms with Gasteiger partial charge in [0.25, 0.3) is 0 Å². The molecule has 0 bridgehead atoms. The summed E-state index contributed by atoms with van der Waals surface area (Å²) in [6, 6.07) is 16.2. The van der Waals surface area contributed by atoms with Crippen molar-refractivity contribution in [1.82, 2.24) is 10.2 Å². The highest BCUT2D eigenvalue weighted by atomic mass is 32.1. The van der Waals surface area contributed by atoms with Crippen LogP contribution in [0.4, 0.5) is 0 Å². The molecule has 150 valence electrons. The number of rotatable bonds is 8. The van der Waals surface area contributed by atoms with Gasteiger partial charge in [0.1, 0.15) is 11.5 Å². The smallest absolute Gasteiger partial charge is 0.169 e. The Bertz CT molecular complexity index is 761. The van der Waals surface area contributed by atoms with Crippen molar-refractivity contribution < 1.29 is 14.2 Å². The molecule has 3 rings (SSSR count). The lowest BCUT2D eigenvalue weighted by Crippen LogP contribution is -2.41. The van der Waals surface area contributed by atoms with Crippen LogP contribution in [0.5, 0.6) is 11.5 Å². The van der Waals surface area contributed by atoms with E-state index in [0.29, 0.717) is 13.1 Å². The zero-order valence-corrected chi connectivity index (χ0v) is 17.3. The van der Waals surface area contributed by atoms with Crippen LogP contribution in [-0.4, -0.2) is 43.5 Å². The number of thiocarbonyl (C=S) groups is 1. The lowest BCUT2D eigenvalue weighted by Gasteiger charge is -2.27. The van der Waals surface area contributed by atoms with E-state index in [1.165, 1.54) is 5.56 Å². The van der Waals surface area contributed by atoms with Crippen LogP contribution in [0.25, 0.3) is 0 Å². The Hall–Kier alpha value is -2.31. The minimum atomic E-state index is 0.248. The molecule has 1 fully saturated rings. The van der Waals surface area contributed by atoms with Crippen molar-refractivity contribution in [3.8, 4) is 11.5 Å². The minimum Gasteiger partial charge on any atom is -0.497 e. The summed E-state index contributed by atoms with van der Waals surface area (Å²) in [4.78, 5) is 2.17. The van der Waals surface area contributed by atoms with Gasteiger partial charge < -0.3 is 24.4 Å². The summed E-state index contributed by atoms with van der Waals surface area (Å²) in [6.45, 7) is 2.99. The summed E-state index contributed by atoms with van der Waals surface area (Å²) < 4.78 is 16.3. The maximum absolute atomic E-state index is 5.72. The van der Waals surface area contributed by atoms with E-state index in [2.05, 4.69) is 28.4 Å². The third-order valence-electron chi connectivity index (χ3n) is 4.83. The van der Waals surface area contributed by atoms with Gasteiger partial charge in [0.15, 0.2) is 5.11 Å². The first-order valence-corrected chi connectivity index (χ1v) is 9.99. The molecule has 1 aliphatic heterocycles. The average Bonchev–Trinajstić information content (AvgIpc) is 3.26. The third-order valence-corrected chi connectivity index (χ3v) is 5.23. The van der Waals surface area contributed by atoms with Gasteiger partial charge in [0.2, 0.25) is 0 Å². The lowest BCUT2D eigenvalue weighted by atomic mass is 10.1. The van der Waals surface area contributed by atoms with Gasteiger partial charge in [0, 0.05) is 26.2 Å². The van der Waals surface area contributed by atoms with Gasteiger partial charge in [-0.15, -0.1) is 0 Å². The topological polar surface area (TPSA) is 43.0 Å². The number of nitrogens with zero attached hydrogens (tertiary/aromatic N) is 1. The van der Waals surface area contributed by atoms with E-state index >= 15 is 0 Å². The molecule has 5 nitrogen and oxygen atoms in total. The minimum absolute atomic E-state index is 0.248. The van der Waals surface area contributed by atoms with Gasteiger partial charge in [-0.3, -0.25) is 0 Å². The Morgan fingerprint density at radius 1 is 1.07 bits per heavy atom. The van der Waals surface area contributed by atoms with Crippen LogP contribution in [0.15, 0.2) is 48.5 Å². The average molecular weight is 401 g/mol. The Morgan fingerprint density at radius 2 is 1.82 bits per heavy atom. The summed E-state index contributed by atoms with van der Waals surface area (Å²) >= 11 is 5.72. The third kappa shape index (κ3) is 5.84. The molecule has 1 N–H and O–H groups in total. The maximum atomic E-state index is 5.72. The van der Waals surface area contributed by atoms with Crippen molar-refractivity contribution in [2.75, 3.05) is 27.4 Å². The standard InChI is InChI=1S/C22H28N2O3S/c1-25-19-10-8-17(9-11-19)15-24(16-18-5-3-6-20(13-18)26-2)22(28)23-14-21-7-4-12-27-21/h3,5-6,8-11,13,21H,4,7,12,14-16H2,1-2H3,(H,23,28)/t21-/m1/s1. The number of ether oxygens (including phenoxy) is 3. The predicted molar refractivity (Wildman–Crippen MR) is 115 cm³/mol. The number of methoxy groups -OCH3 is 2. The largest absolute Gasteiger partial charge is 0.497 e. The quantitative estimate of drug-likeness (QED) is 0.681. The van der Waals surface area contributed by atoms with Crippen LogP contribution in [0.2, 0.25) is 0 Å². The fourth-order valence-corrected chi connectivity index (χ4v) is 3.47. The number of hydrogen-bond donors (Lipinski definition) is 1. The molecule has 2 aromatic rings. The van der Waals surface area contributed by atoms with E-state index in [4.69, 9.17) is 26.4 Å². The Kier molecular flexibility index (Phi) is 7.51. The van der Waals surface area contributed by atoms with Gasteiger partial charge in [0.05, 0.1) is 20.3 Å². The normalized spacial score (nSPS) is 15.9. The summed E-state index contributed by atoms with van der Waals surface area (Å²) in [5.41, 5.74) is 2.32. The molecule has 28 heavy (non-hydrogen) atoms. The Labute approximate surface area is 172 Å². The van der Waals surface area contributed by atoms with E-state index in [9.17, 15) is 0 Å². The van der Waals surface area contributed by atoms with Crippen molar-refractivity contribution in [2.24, 2.45) is 0 Å². The summed E-state index contributed by atoms with van der Waals surface area (Å²) in [5, 5.41) is 4.12. The molecule has 0 aromatic heterocycles. The van der Waals surface area contributed by atoms with E-state index in [1.807, 2.05) is 30.3 Å². The van der Waals surface area contributed by atoms with E-state index in [1.54, 1.807) is 14.2 Å². The van der Waals surface area contributed by atoms with Gasteiger partial charge in [-0.25, -0.2) is 0 Å². The van der Waals surface area contributed by atoms with Crippen molar-refractivity contribution in [3.05, 3.63) is 59.7 Å². The number of hydrogen-bond acceptors (Lipinski definition) is 4. The molecule has 1 aliphatic rings. The van der Waals surface area contributed by atoms with E-state index in [0.717, 1.165) is 48.2 Å². The molecule has 0 aliphatic carbocycles. The molecule has 2 aromatic carbocycles. The van der Waals surface area contributed by atoms with Crippen molar-refractivity contribution in [2.45, 2.75) is 32.0 Å². The summed E-state index contributed by atoms with van der Waals surface area (Å²) in [6.07, 6.45) is 2.46. The lowest BCUT2D eigenvalue weighted by molar-refractivity contribution is 0.113. The van der Waals surface area contributed by atoms with Gasteiger partial charge in [-0.05, 0) is 60.5 Å². The number of benzene rings is 2. The van der Waals surface area contributed by atoms with Crippen molar-refractivity contribution >= 4 is 17.3 Å². The fraction of sp³-hybridized carbons (Fsp3) is 0.409. The molecule has 1 saturated heterocycles. The Morgan fingerprint density at radius 3 is 2.50 bits per heavy atom. The first kappa shape index (κ1) is 20.4. The van der Waals surface area contributed by atoms with E-state index in [-0.39, 0.29) is 6.10 Å². The molecule has 0 unspecified atom stereocenters. The van der Waals surface area contributed by atoms with Crippen LogP contribution in [0.1, 0.15) is 24.0 Å². The molecule has 0 saturated carbocycles. The van der Waals surface area contributed by atoms with Crippen LogP contribution in [-0.2, 0) is 17.8 Å².